The number of aliphatic carboxylic acids is 1. The largest absolute Gasteiger partial charge is 0.510 e. The van der Waals surface area contributed by atoms with Gasteiger partial charge in [-0.15, -0.1) is 0 Å². The lowest BCUT2D eigenvalue weighted by Crippen LogP contribution is -2.86. The van der Waals surface area contributed by atoms with Gasteiger partial charge in [0.25, 0.3) is 6.09 Å². The number of allylic oxidation sites excluding steroid dienone is 3. The van der Waals surface area contributed by atoms with Gasteiger partial charge in [0.15, 0.2) is 0 Å². The Morgan fingerprint density at radius 2 is 1.80 bits per heavy atom. The zero-order valence-electron chi connectivity index (χ0n) is 33.0. The number of carboxylic acids is 1. The minimum atomic E-state index is -2.84. The number of aliphatic hydroxyl groups is 1. The molecule has 1 saturated heterocycles. The fraction of sp³-hybridized carbons (Fsp3) is 0.718. The average Bonchev–Trinajstić information content (AvgIpc) is 3.30. The summed E-state index contributed by atoms with van der Waals surface area (Å²) in [5, 5.41) is 44.7. The van der Waals surface area contributed by atoms with Gasteiger partial charge in [-0.25, -0.2) is 14.1 Å². The second-order valence-corrected chi connectivity index (χ2v) is 18.5. The van der Waals surface area contributed by atoms with Crippen molar-refractivity contribution in [1.82, 2.24) is 0 Å². The number of fused-ring (bicyclic) bond motifs is 4. The van der Waals surface area contributed by atoms with Crippen molar-refractivity contribution in [2.24, 2.45) is 34.2 Å². The molecule has 0 bridgehead atoms. The molecule has 54 heavy (non-hydrogen) atoms. The molecule has 11 atom stereocenters. The van der Waals surface area contributed by atoms with Crippen LogP contribution < -0.4 is 5.11 Å². The zero-order chi connectivity index (χ0) is 40.8. The molecule has 0 aromatic rings. The fourth-order valence-corrected chi connectivity index (χ4v) is 11.0. The number of carboxylic acid groups (broad SMARTS) is 2. The summed E-state index contributed by atoms with van der Waals surface area (Å²) in [6.07, 6.45) is -1.59. The van der Waals surface area contributed by atoms with Gasteiger partial charge in [0.1, 0.15) is 23.0 Å². The smallest absolute Gasteiger partial charge is 0.498 e. The van der Waals surface area contributed by atoms with Crippen molar-refractivity contribution in [1.29, 1.82) is 0 Å². The number of oxime groups is 1. The monoisotopic (exact) mass is 780 g/mol. The maximum Gasteiger partial charge on any atom is 0.510 e. The van der Waals surface area contributed by atoms with Crippen molar-refractivity contribution in [2.45, 2.75) is 142 Å². The van der Waals surface area contributed by atoms with Gasteiger partial charge in [-0.2, -0.15) is 0 Å². The summed E-state index contributed by atoms with van der Waals surface area (Å²) in [6, 6.07) is 0. The van der Waals surface area contributed by atoms with E-state index >= 15 is 4.39 Å². The van der Waals surface area contributed by atoms with Gasteiger partial charge in [-0.1, -0.05) is 62.2 Å². The molecule has 3 unspecified atom stereocenters. The number of rotatable bonds is 6. The minimum absolute atomic E-state index is 0.0254. The minimum Gasteiger partial charge on any atom is -0.498 e. The first-order valence-corrected chi connectivity index (χ1v) is 18.8. The van der Waals surface area contributed by atoms with Crippen LogP contribution >= 0.6 is 11.6 Å². The Bertz CT molecular complexity index is 1750. The molecule has 0 spiro atoms. The summed E-state index contributed by atoms with van der Waals surface area (Å²) in [4.78, 5) is 62.6. The van der Waals surface area contributed by atoms with E-state index in [-0.39, 0.29) is 22.7 Å². The van der Waals surface area contributed by atoms with E-state index in [1.807, 2.05) is 0 Å². The Morgan fingerprint density at radius 3 is 2.31 bits per heavy atom. The highest BCUT2D eigenvalue weighted by Crippen LogP contribution is 2.69. The van der Waals surface area contributed by atoms with Crippen molar-refractivity contribution in [3.63, 3.8) is 0 Å². The van der Waals surface area contributed by atoms with Crippen molar-refractivity contribution in [2.75, 3.05) is 6.67 Å². The molecule has 2 fully saturated rings. The molecular weight excluding hydrogens is 727 g/mol. The number of nitrogens with zero attached hydrogens (tertiary/aromatic N) is 2. The molecule has 0 radical (unpaired) electrons. The van der Waals surface area contributed by atoms with Gasteiger partial charge < -0.3 is 39.2 Å². The van der Waals surface area contributed by atoms with Gasteiger partial charge in [-0.3, -0.25) is 9.18 Å². The van der Waals surface area contributed by atoms with Crippen LogP contribution in [0.15, 0.2) is 39.6 Å². The van der Waals surface area contributed by atoms with E-state index in [4.69, 9.17) is 30.6 Å². The maximum atomic E-state index is 15.0. The Morgan fingerprint density at radius 1 is 1.17 bits per heavy atom. The van der Waals surface area contributed by atoms with Crippen molar-refractivity contribution in [3.8, 4) is 0 Å². The lowest BCUT2D eigenvalue weighted by Gasteiger charge is -2.66. The summed E-state index contributed by atoms with van der Waals surface area (Å²) in [6.45, 7) is 16.1. The number of quaternary nitrogens is 1. The first-order valence-electron chi connectivity index (χ1n) is 18.5. The van der Waals surface area contributed by atoms with Crippen molar-refractivity contribution >= 4 is 41.5 Å². The summed E-state index contributed by atoms with van der Waals surface area (Å²) in [5.41, 5.74) is -11.3. The molecule has 2 heterocycles. The first-order chi connectivity index (χ1) is 24.7. The Kier molecular flexibility index (Phi) is 10.3. The number of likely N-dealkylation sites (tertiary alicyclic amines) is 1. The maximum absolute atomic E-state index is 15.0. The van der Waals surface area contributed by atoms with Crippen LogP contribution in [0.3, 0.4) is 0 Å². The van der Waals surface area contributed by atoms with Crippen LogP contribution in [-0.2, 0) is 28.6 Å². The summed E-state index contributed by atoms with van der Waals surface area (Å²) >= 11 is 6.73. The third-order valence-electron chi connectivity index (χ3n) is 12.8. The highest BCUT2D eigenvalue weighted by atomic mass is 35.5. The molecule has 2 aliphatic heterocycles. The number of carbonyl (C=O) groups excluding carboxylic acids is 3. The van der Waals surface area contributed by atoms with Crippen LogP contribution in [0.1, 0.15) is 102 Å². The van der Waals surface area contributed by atoms with Gasteiger partial charge in [0.2, 0.25) is 11.1 Å². The van der Waals surface area contributed by atoms with Gasteiger partial charge in [0, 0.05) is 23.8 Å². The lowest BCUT2D eigenvalue weighted by molar-refractivity contribution is -0.990. The van der Waals surface area contributed by atoms with Gasteiger partial charge in [0.05, 0.1) is 29.6 Å². The van der Waals surface area contributed by atoms with E-state index in [1.54, 1.807) is 66.7 Å². The predicted octanol–water partition coefficient (Wildman–Crippen LogP) is 5.92. The molecule has 5 aliphatic rings. The normalized spacial score (nSPS) is 39.5. The van der Waals surface area contributed by atoms with Crippen LogP contribution in [-0.4, -0.2) is 91.5 Å². The van der Waals surface area contributed by atoms with Crippen LogP contribution in [0.5, 0.6) is 0 Å². The molecule has 5 rings (SSSR count). The fourth-order valence-electron chi connectivity index (χ4n) is 10.6. The highest BCUT2D eigenvalue weighted by molar-refractivity contribution is 6.47. The van der Waals surface area contributed by atoms with E-state index in [2.05, 4.69) is 5.16 Å². The number of alkyl halides is 1. The Balaban J connectivity index is 2.02. The van der Waals surface area contributed by atoms with Crippen LogP contribution in [0.4, 0.5) is 14.0 Å². The molecule has 15 heteroatoms. The SMILES string of the molecule is CC(=O)O[C@H]1C(C)=C[C@@H]2CCC[C@](C)(C(C)CF)[C@]2(O)[C@H]1[C@]1(C(=O)O)C[C@@]2(OC(=O)OC(C)(C)C)C3=CC(C)C=C(Cl)C3=NO[C@H]2[N+]1(C(=O)[O-])C(C)(C)C. The molecule has 3 aliphatic carbocycles. The third-order valence-corrected chi connectivity index (χ3v) is 13.1. The van der Waals surface area contributed by atoms with E-state index in [0.29, 0.717) is 18.4 Å². The number of amides is 1. The number of carbonyl (C=O) groups is 4. The van der Waals surface area contributed by atoms with E-state index in [1.165, 1.54) is 20.8 Å². The second-order valence-electron chi connectivity index (χ2n) is 18.1. The van der Waals surface area contributed by atoms with Crippen LogP contribution in [0, 0.1) is 29.1 Å². The lowest BCUT2D eigenvalue weighted by atomic mass is 9.44. The molecule has 13 nitrogen and oxygen atoms in total. The zero-order valence-corrected chi connectivity index (χ0v) is 33.7. The second kappa shape index (κ2) is 13.3. The standard InChI is InChI=1S/C39H54ClFN2O11/c1-20-15-25-27(26(40)16-20)42-54-30-38(25,53-33(49)52-35(8,9)10)19-37(31(45)46,43(30,32(47)48)34(5,6)7)29-28(51-23(4)44)21(2)17-24-13-12-14-36(11,22(3)18-41)39(24,29)50/h15-17,20,22,24,28-30,50H,12-14,18-19H2,1-11H3,(H-,45,46,47,48)/t20?,22?,24-,28-,29+,30+,36+,37-,38+,39+,43?/m0/s1. The average molecular weight is 781 g/mol. The van der Waals surface area contributed by atoms with Crippen molar-refractivity contribution in [3.05, 3.63) is 34.4 Å². The quantitative estimate of drug-likeness (QED) is 0.185. The summed E-state index contributed by atoms with van der Waals surface area (Å²) in [5.74, 6) is -6.59. The molecule has 1 saturated carbocycles. The molecule has 1 amide bonds. The van der Waals surface area contributed by atoms with Crippen molar-refractivity contribution < 1.29 is 62.4 Å². The number of halogens is 2. The molecule has 300 valence electrons. The van der Waals surface area contributed by atoms with E-state index < -0.39 is 111 Å². The number of hydrogen-bond acceptors (Lipinski definition) is 11. The number of ether oxygens (including phenoxy) is 3. The topological polar surface area (TPSA) is 181 Å². The molecule has 0 aromatic heterocycles. The van der Waals surface area contributed by atoms with Gasteiger partial charge >= 0.3 is 24.3 Å². The molecule has 2 N–H and O–H groups in total. The van der Waals surface area contributed by atoms with E-state index in [9.17, 15) is 34.5 Å². The third kappa shape index (κ3) is 5.63. The Labute approximate surface area is 320 Å². The highest BCUT2D eigenvalue weighted by Gasteiger charge is 2.89. The van der Waals surface area contributed by atoms with Crippen LogP contribution in [0.25, 0.3) is 0 Å². The van der Waals surface area contributed by atoms with Gasteiger partial charge in [-0.05, 0) is 78.7 Å². The molecule has 0 aromatic carbocycles. The van der Waals surface area contributed by atoms with Crippen LogP contribution in [0.2, 0.25) is 0 Å². The van der Waals surface area contributed by atoms with E-state index in [0.717, 1.165) is 6.92 Å². The summed E-state index contributed by atoms with van der Waals surface area (Å²) < 4.78 is 31.3. The number of hydrogen-bond donors (Lipinski definition) is 2. The summed E-state index contributed by atoms with van der Waals surface area (Å²) in [7, 11) is 0. The first kappa shape index (κ1) is 41.7. The Hall–Kier alpha value is -3.49. The predicted molar refractivity (Wildman–Crippen MR) is 192 cm³/mol. The number of esters is 1. The molecular formula is C39H54ClFN2O11.